The van der Waals surface area contributed by atoms with Gasteiger partial charge in [-0.1, -0.05) is 35.3 Å². The Bertz CT molecular complexity index is 1140. The first-order valence-corrected chi connectivity index (χ1v) is 8.21. The molecule has 0 unspecified atom stereocenters. The summed E-state index contributed by atoms with van der Waals surface area (Å²) in [5, 5.41) is 16.3. The van der Waals surface area contributed by atoms with Gasteiger partial charge in [0.15, 0.2) is 5.69 Å². The van der Waals surface area contributed by atoms with Crippen LogP contribution in [0.15, 0.2) is 48.7 Å². The molecule has 7 heteroatoms. The molecule has 0 saturated heterocycles. The minimum Gasteiger partial charge on any atom is -0.476 e. The molecular weight excluding hydrogens is 361 g/mol. The lowest BCUT2D eigenvalue weighted by Crippen LogP contribution is -2.05. The van der Waals surface area contributed by atoms with Crippen LogP contribution >= 0.6 is 23.2 Å². The van der Waals surface area contributed by atoms with Crippen LogP contribution in [0.25, 0.3) is 21.8 Å². The standard InChI is InChI=1S/C18H11Cl2N3O2/c19-12-4-3-11(14(20)7-12)9-23-16-6-10-2-1-5-21-15(10)8-13(16)17(22-23)18(24)25/h1-8H,9H2,(H,24,25). The summed E-state index contributed by atoms with van der Waals surface area (Å²) in [7, 11) is 0. The second-order valence-electron chi connectivity index (χ2n) is 5.61. The third-order valence-corrected chi connectivity index (χ3v) is 4.60. The van der Waals surface area contributed by atoms with E-state index in [1.165, 1.54) is 0 Å². The monoisotopic (exact) mass is 371 g/mol. The van der Waals surface area contributed by atoms with Gasteiger partial charge in [0.25, 0.3) is 0 Å². The van der Waals surface area contributed by atoms with Gasteiger partial charge in [-0.3, -0.25) is 9.67 Å². The number of aromatic nitrogens is 3. The molecule has 0 aliphatic carbocycles. The lowest BCUT2D eigenvalue weighted by Gasteiger charge is -2.07. The molecule has 0 aliphatic rings. The molecule has 0 spiro atoms. The number of carboxylic acid groups (broad SMARTS) is 1. The van der Waals surface area contributed by atoms with Crippen molar-refractivity contribution in [2.24, 2.45) is 0 Å². The van der Waals surface area contributed by atoms with E-state index in [-0.39, 0.29) is 5.69 Å². The molecule has 2 aromatic heterocycles. The Morgan fingerprint density at radius 1 is 1.16 bits per heavy atom. The predicted octanol–water partition coefficient (Wildman–Crippen LogP) is 4.64. The van der Waals surface area contributed by atoms with Gasteiger partial charge in [0.05, 0.1) is 17.6 Å². The number of hydrogen-bond donors (Lipinski definition) is 1. The van der Waals surface area contributed by atoms with Crippen molar-refractivity contribution >= 4 is 51.0 Å². The third-order valence-electron chi connectivity index (χ3n) is 4.01. The van der Waals surface area contributed by atoms with Gasteiger partial charge < -0.3 is 5.11 Å². The minimum absolute atomic E-state index is 0.00682. The highest BCUT2D eigenvalue weighted by molar-refractivity contribution is 6.35. The predicted molar refractivity (Wildman–Crippen MR) is 97.6 cm³/mol. The lowest BCUT2D eigenvalue weighted by atomic mass is 10.1. The van der Waals surface area contributed by atoms with E-state index >= 15 is 0 Å². The zero-order valence-electron chi connectivity index (χ0n) is 12.8. The van der Waals surface area contributed by atoms with E-state index in [0.29, 0.717) is 27.5 Å². The van der Waals surface area contributed by atoms with Crippen LogP contribution in [0.1, 0.15) is 16.1 Å². The van der Waals surface area contributed by atoms with Crippen LogP contribution in [0.5, 0.6) is 0 Å². The number of halogens is 2. The molecule has 0 amide bonds. The summed E-state index contributed by atoms with van der Waals surface area (Å²) < 4.78 is 1.64. The maximum atomic E-state index is 11.6. The summed E-state index contributed by atoms with van der Waals surface area (Å²) in [6, 6.07) is 12.6. The van der Waals surface area contributed by atoms with E-state index in [2.05, 4.69) is 10.1 Å². The normalized spacial score (nSPS) is 11.3. The average Bonchev–Trinajstić information content (AvgIpc) is 2.93. The number of nitrogens with zero attached hydrogens (tertiary/aromatic N) is 3. The number of hydrogen-bond acceptors (Lipinski definition) is 3. The van der Waals surface area contributed by atoms with Gasteiger partial charge in [-0.25, -0.2) is 4.79 Å². The quantitative estimate of drug-likeness (QED) is 0.569. The van der Waals surface area contributed by atoms with Crippen LogP contribution in [0.3, 0.4) is 0 Å². The molecule has 0 atom stereocenters. The molecule has 0 bridgehead atoms. The van der Waals surface area contributed by atoms with Crippen molar-refractivity contribution in [3.63, 3.8) is 0 Å². The van der Waals surface area contributed by atoms with Gasteiger partial charge in [-0.05, 0) is 35.9 Å². The van der Waals surface area contributed by atoms with Crippen molar-refractivity contribution in [3.05, 3.63) is 70.0 Å². The Hall–Kier alpha value is -2.63. The molecule has 1 N–H and O–H groups in total. The largest absolute Gasteiger partial charge is 0.476 e. The number of carbonyl (C=O) groups is 1. The molecule has 4 aromatic rings. The first kappa shape index (κ1) is 15.9. The summed E-state index contributed by atoms with van der Waals surface area (Å²) in [6.07, 6.45) is 1.67. The summed E-state index contributed by atoms with van der Waals surface area (Å²) in [6.45, 7) is 0.339. The fourth-order valence-electron chi connectivity index (χ4n) is 2.83. The fourth-order valence-corrected chi connectivity index (χ4v) is 3.30. The number of carboxylic acids is 1. The zero-order chi connectivity index (χ0) is 17.6. The molecule has 2 aromatic carbocycles. The maximum absolute atomic E-state index is 11.6. The first-order chi connectivity index (χ1) is 12.0. The van der Waals surface area contributed by atoms with Crippen LogP contribution in [0.2, 0.25) is 10.0 Å². The summed E-state index contributed by atoms with van der Waals surface area (Å²) >= 11 is 12.2. The highest BCUT2D eigenvalue weighted by Crippen LogP contribution is 2.27. The van der Waals surface area contributed by atoms with Crippen LogP contribution in [-0.2, 0) is 6.54 Å². The Labute approximate surface area is 152 Å². The van der Waals surface area contributed by atoms with Crippen molar-refractivity contribution in [3.8, 4) is 0 Å². The van der Waals surface area contributed by atoms with Gasteiger partial charge in [-0.2, -0.15) is 5.10 Å². The highest BCUT2D eigenvalue weighted by Gasteiger charge is 2.18. The average molecular weight is 372 g/mol. The van der Waals surface area contributed by atoms with Gasteiger partial charge in [-0.15, -0.1) is 0 Å². The number of pyridine rings is 1. The second kappa shape index (κ2) is 6.02. The molecule has 0 radical (unpaired) electrons. The summed E-state index contributed by atoms with van der Waals surface area (Å²) in [5.74, 6) is -1.08. The van der Waals surface area contributed by atoms with Crippen molar-refractivity contribution in [1.29, 1.82) is 0 Å². The molecule has 0 saturated carbocycles. The summed E-state index contributed by atoms with van der Waals surface area (Å²) in [5.41, 5.74) is 2.23. The van der Waals surface area contributed by atoms with Crippen LogP contribution in [-0.4, -0.2) is 25.8 Å². The van der Waals surface area contributed by atoms with Crippen molar-refractivity contribution in [1.82, 2.24) is 14.8 Å². The summed E-state index contributed by atoms with van der Waals surface area (Å²) in [4.78, 5) is 15.9. The molecular formula is C18H11Cl2N3O2. The van der Waals surface area contributed by atoms with Crippen LogP contribution < -0.4 is 0 Å². The Morgan fingerprint density at radius 2 is 2.00 bits per heavy atom. The van der Waals surface area contributed by atoms with E-state index in [1.807, 2.05) is 18.2 Å². The van der Waals surface area contributed by atoms with Gasteiger partial charge in [0.2, 0.25) is 0 Å². The lowest BCUT2D eigenvalue weighted by molar-refractivity contribution is 0.0691. The number of rotatable bonds is 3. The van der Waals surface area contributed by atoms with Crippen molar-refractivity contribution in [2.75, 3.05) is 0 Å². The van der Waals surface area contributed by atoms with Crippen LogP contribution in [0.4, 0.5) is 0 Å². The highest BCUT2D eigenvalue weighted by atomic mass is 35.5. The SMILES string of the molecule is O=C(O)c1nn(Cc2ccc(Cl)cc2Cl)c2cc3cccnc3cc12. The molecule has 124 valence electrons. The number of fused-ring (bicyclic) bond motifs is 2. The van der Waals surface area contributed by atoms with E-state index < -0.39 is 5.97 Å². The van der Waals surface area contributed by atoms with Crippen molar-refractivity contribution < 1.29 is 9.90 Å². The Morgan fingerprint density at radius 3 is 2.76 bits per heavy atom. The molecule has 5 nitrogen and oxygen atoms in total. The Kier molecular flexibility index (Phi) is 3.82. The van der Waals surface area contributed by atoms with E-state index in [1.54, 1.807) is 35.1 Å². The van der Waals surface area contributed by atoms with Gasteiger partial charge in [0.1, 0.15) is 0 Å². The topological polar surface area (TPSA) is 68.0 Å². The first-order valence-electron chi connectivity index (χ1n) is 7.45. The fraction of sp³-hybridized carbons (Fsp3) is 0.0556. The Balaban J connectivity index is 1.93. The minimum atomic E-state index is -1.08. The molecule has 0 aliphatic heterocycles. The smallest absolute Gasteiger partial charge is 0.357 e. The zero-order valence-corrected chi connectivity index (χ0v) is 14.3. The van der Waals surface area contributed by atoms with E-state index in [9.17, 15) is 9.90 Å². The van der Waals surface area contributed by atoms with E-state index in [0.717, 1.165) is 16.5 Å². The number of aromatic carboxylic acids is 1. The van der Waals surface area contributed by atoms with Gasteiger partial charge >= 0.3 is 5.97 Å². The molecule has 2 heterocycles. The van der Waals surface area contributed by atoms with Gasteiger partial charge in [0, 0.05) is 27.0 Å². The third kappa shape index (κ3) is 2.81. The molecule has 4 rings (SSSR count). The van der Waals surface area contributed by atoms with Crippen LogP contribution in [0, 0.1) is 0 Å². The van der Waals surface area contributed by atoms with E-state index in [4.69, 9.17) is 23.2 Å². The number of benzene rings is 2. The maximum Gasteiger partial charge on any atom is 0.357 e. The second-order valence-corrected chi connectivity index (χ2v) is 6.46. The molecule has 0 fully saturated rings. The molecule has 25 heavy (non-hydrogen) atoms. The van der Waals surface area contributed by atoms with Crippen molar-refractivity contribution in [2.45, 2.75) is 6.54 Å².